The number of benzene rings is 1. The second-order valence-corrected chi connectivity index (χ2v) is 4.51. The molecule has 1 atom stereocenters. The van der Waals surface area contributed by atoms with Crippen LogP contribution in [-0.4, -0.2) is 12.3 Å². The van der Waals surface area contributed by atoms with Crippen LogP contribution in [0.4, 0.5) is 0 Å². The van der Waals surface area contributed by atoms with E-state index < -0.39 is 0 Å². The summed E-state index contributed by atoms with van der Waals surface area (Å²) in [5.74, 6) is 1.24. The Bertz CT molecular complexity index is 262. The SMILES string of the molecule is CCc1ccc([C@@H]2NCCS2)cc1. The van der Waals surface area contributed by atoms with Crippen LogP contribution < -0.4 is 5.32 Å². The molecule has 0 unspecified atom stereocenters. The molecule has 1 aromatic carbocycles. The Morgan fingerprint density at radius 1 is 1.38 bits per heavy atom. The lowest BCUT2D eigenvalue weighted by Crippen LogP contribution is -2.11. The van der Waals surface area contributed by atoms with Gasteiger partial charge in [0.05, 0.1) is 5.37 Å². The highest BCUT2D eigenvalue weighted by Crippen LogP contribution is 2.29. The molecular weight excluding hydrogens is 178 g/mol. The van der Waals surface area contributed by atoms with Gasteiger partial charge in [-0.15, -0.1) is 11.8 Å². The lowest BCUT2D eigenvalue weighted by Gasteiger charge is -2.09. The predicted molar refractivity (Wildman–Crippen MR) is 59.0 cm³/mol. The summed E-state index contributed by atoms with van der Waals surface area (Å²) in [6, 6.07) is 8.95. The second kappa shape index (κ2) is 4.16. The van der Waals surface area contributed by atoms with Crippen molar-refractivity contribution >= 4 is 11.8 Å². The van der Waals surface area contributed by atoms with Gasteiger partial charge in [-0.1, -0.05) is 31.2 Å². The van der Waals surface area contributed by atoms with Crippen LogP contribution in [0.1, 0.15) is 23.4 Å². The van der Waals surface area contributed by atoms with E-state index in [9.17, 15) is 0 Å². The molecule has 0 bridgehead atoms. The standard InChI is InChI=1S/C11H15NS/c1-2-9-3-5-10(6-4-9)11-12-7-8-13-11/h3-6,11-12H,2,7-8H2,1H3/t11-/m1/s1. The molecule has 0 radical (unpaired) electrons. The molecule has 0 saturated carbocycles. The Morgan fingerprint density at radius 3 is 2.69 bits per heavy atom. The highest BCUT2D eigenvalue weighted by Gasteiger charge is 2.15. The monoisotopic (exact) mass is 193 g/mol. The molecule has 1 nitrogen and oxygen atoms in total. The molecule has 1 aliphatic heterocycles. The van der Waals surface area contributed by atoms with Gasteiger partial charge in [0.25, 0.3) is 0 Å². The summed E-state index contributed by atoms with van der Waals surface area (Å²) < 4.78 is 0. The van der Waals surface area contributed by atoms with Gasteiger partial charge in [-0.05, 0) is 17.5 Å². The molecule has 1 aliphatic rings. The molecule has 2 rings (SSSR count). The zero-order valence-corrected chi connectivity index (χ0v) is 8.73. The molecule has 0 amide bonds. The van der Waals surface area contributed by atoms with Crippen LogP contribution in [0, 0.1) is 0 Å². The zero-order valence-electron chi connectivity index (χ0n) is 7.92. The van der Waals surface area contributed by atoms with Gasteiger partial charge in [0.15, 0.2) is 0 Å². The first-order valence-electron chi connectivity index (χ1n) is 4.84. The normalized spacial score (nSPS) is 22.1. The Hall–Kier alpha value is -0.470. The largest absolute Gasteiger partial charge is 0.301 e. The van der Waals surface area contributed by atoms with E-state index in [4.69, 9.17) is 0 Å². The van der Waals surface area contributed by atoms with Crippen LogP contribution >= 0.6 is 11.8 Å². The number of hydrogen-bond acceptors (Lipinski definition) is 2. The lowest BCUT2D eigenvalue weighted by molar-refractivity contribution is 0.750. The van der Waals surface area contributed by atoms with Gasteiger partial charge < -0.3 is 5.32 Å². The molecule has 1 saturated heterocycles. The van der Waals surface area contributed by atoms with Crippen molar-refractivity contribution in [3.05, 3.63) is 35.4 Å². The van der Waals surface area contributed by atoms with Crippen LogP contribution in [0.5, 0.6) is 0 Å². The van der Waals surface area contributed by atoms with E-state index in [1.165, 1.54) is 16.9 Å². The molecule has 1 fully saturated rings. The summed E-state index contributed by atoms with van der Waals surface area (Å²) in [6.07, 6.45) is 1.13. The van der Waals surface area contributed by atoms with Gasteiger partial charge in [-0.2, -0.15) is 0 Å². The number of thioether (sulfide) groups is 1. The quantitative estimate of drug-likeness (QED) is 0.775. The predicted octanol–water partition coefficient (Wildman–Crippen LogP) is 2.58. The molecule has 0 aromatic heterocycles. The fourth-order valence-electron chi connectivity index (χ4n) is 1.57. The van der Waals surface area contributed by atoms with Gasteiger partial charge >= 0.3 is 0 Å². The molecule has 0 aliphatic carbocycles. The molecule has 2 heteroatoms. The second-order valence-electron chi connectivity index (χ2n) is 3.30. The van der Waals surface area contributed by atoms with Gasteiger partial charge in [-0.3, -0.25) is 0 Å². The van der Waals surface area contributed by atoms with E-state index in [2.05, 4.69) is 36.5 Å². The first-order chi connectivity index (χ1) is 6.40. The third-order valence-electron chi connectivity index (χ3n) is 2.41. The van der Waals surface area contributed by atoms with Crippen LogP contribution in [0.15, 0.2) is 24.3 Å². The maximum Gasteiger partial charge on any atom is 0.0790 e. The topological polar surface area (TPSA) is 12.0 Å². The molecular formula is C11H15NS. The molecule has 70 valence electrons. The molecule has 1 N–H and O–H groups in total. The number of nitrogens with one attached hydrogen (secondary N) is 1. The summed E-state index contributed by atoms with van der Waals surface area (Å²) in [6.45, 7) is 3.34. The van der Waals surface area contributed by atoms with E-state index in [1.54, 1.807) is 0 Å². The zero-order chi connectivity index (χ0) is 9.10. The minimum absolute atomic E-state index is 0.533. The highest BCUT2D eigenvalue weighted by molar-refractivity contribution is 7.99. The van der Waals surface area contributed by atoms with E-state index in [1.807, 2.05) is 11.8 Å². The Kier molecular flexibility index (Phi) is 2.91. The summed E-state index contributed by atoms with van der Waals surface area (Å²) in [4.78, 5) is 0. The fraction of sp³-hybridized carbons (Fsp3) is 0.455. The average molecular weight is 193 g/mol. The van der Waals surface area contributed by atoms with E-state index in [0.717, 1.165) is 13.0 Å². The molecule has 1 aromatic rings. The van der Waals surface area contributed by atoms with Crippen molar-refractivity contribution in [2.24, 2.45) is 0 Å². The maximum absolute atomic E-state index is 3.47. The van der Waals surface area contributed by atoms with Crippen molar-refractivity contribution in [3.8, 4) is 0 Å². The van der Waals surface area contributed by atoms with Crippen molar-refractivity contribution < 1.29 is 0 Å². The minimum atomic E-state index is 0.533. The van der Waals surface area contributed by atoms with Gasteiger partial charge in [0, 0.05) is 12.3 Å². The summed E-state index contributed by atoms with van der Waals surface area (Å²) >= 11 is 2.00. The number of hydrogen-bond donors (Lipinski definition) is 1. The minimum Gasteiger partial charge on any atom is -0.301 e. The highest BCUT2D eigenvalue weighted by atomic mass is 32.2. The molecule has 13 heavy (non-hydrogen) atoms. The van der Waals surface area contributed by atoms with Gasteiger partial charge in [0.2, 0.25) is 0 Å². The van der Waals surface area contributed by atoms with Crippen molar-refractivity contribution in [2.45, 2.75) is 18.7 Å². The van der Waals surface area contributed by atoms with Gasteiger partial charge in [-0.25, -0.2) is 0 Å². The lowest BCUT2D eigenvalue weighted by atomic mass is 10.1. The van der Waals surface area contributed by atoms with Crippen LogP contribution in [0.2, 0.25) is 0 Å². The van der Waals surface area contributed by atoms with Crippen LogP contribution in [0.25, 0.3) is 0 Å². The van der Waals surface area contributed by atoms with Gasteiger partial charge in [0.1, 0.15) is 0 Å². The average Bonchev–Trinajstić information content (AvgIpc) is 2.71. The maximum atomic E-state index is 3.47. The Labute approximate surface area is 83.9 Å². The molecule has 1 heterocycles. The number of aryl methyl sites for hydroxylation is 1. The van der Waals surface area contributed by atoms with Crippen LogP contribution in [-0.2, 0) is 6.42 Å². The fourth-order valence-corrected chi connectivity index (χ4v) is 2.62. The van der Waals surface area contributed by atoms with E-state index >= 15 is 0 Å². The first kappa shape index (κ1) is 9.10. The summed E-state index contributed by atoms with van der Waals surface area (Å²) in [5.41, 5.74) is 2.84. The Morgan fingerprint density at radius 2 is 2.15 bits per heavy atom. The van der Waals surface area contributed by atoms with E-state index in [0.29, 0.717) is 5.37 Å². The third kappa shape index (κ3) is 2.06. The van der Waals surface area contributed by atoms with Crippen LogP contribution in [0.3, 0.4) is 0 Å². The molecule has 0 spiro atoms. The number of rotatable bonds is 2. The van der Waals surface area contributed by atoms with Crippen molar-refractivity contribution in [3.63, 3.8) is 0 Å². The van der Waals surface area contributed by atoms with E-state index in [-0.39, 0.29) is 0 Å². The first-order valence-corrected chi connectivity index (χ1v) is 5.89. The summed E-state index contributed by atoms with van der Waals surface area (Å²) in [7, 11) is 0. The summed E-state index contributed by atoms with van der Waals surface area (Å²) in [5, 5.41) is 4.01. The van der Waals surface area contributed by atoms with Crippen molar-refractivity contribution in [1.29, 1.82) is 0 Å². The third-order valence-corrected chi connectivity index (χ3v) is 3.62. The van der Waals surface area contributed by atoms with Crippen molar-refractivity contribution in [2.75, 3.05) is 12.3 Å². The van der Waals surface area contributed by atoms with Crippen molar-refractivity contribution in [1.82, 2.24) is 5.32 Å². The Balaban J connectivity index is 2.12. The smallest absolute Gasteiger partial charge is 0.0790 e.